The van der Waals surface area contributed by atoms with Gasteiger partial charge in [-0.15, -0.1) is 0 Å². The van der Waals surface area contributed by atoms with Gasteiger partial charge in [-0.2, -0.15) is 0 Å². The number of rotatable bonds is 10. The van der Waals surface area contributed by atoms with Gasteiger partial charge in [-0.25, -0.2) is 9.59 Å². The van der Waals surface area contributed by atoms with E-state index in [1.807, 2.05) is 0 Å². The summed E-state index contributed by atoms with van der Waals surface area (Å²) in [6, 6.07) is 6.47. The fourth-order valence-electron chi connectivity index (χ4n) is 2.01. The van der Waals surface area contributed by atoms with Crippen molar-refractivity contribution in [2.75, 3.05) is 26.4 Å². The Labute approximate surface area is 137 Å². The Morgan fingerprint density at radius 3 is 2.13 bits per heavy atom. The molecule has 128 valence electrons. The van der Waals surface area contributed by atoms with E-state index >= 15 is 0 Å². The van der Waals surface area contributed by atoms with Crippen molar-refractivity contribution in [3.63, 3.8) is 0 Å². The first-order valence-electron chi connectivity index (χ1n) is 8.07. The van der Waals surface area contributed by atoms with E-state index in [9.17, 15) is 9.59 Å². The number of carbonyl (C=O) groups excluding carboxylic acids is 2. The molecule has 1 aromatic carbocycles. The monoisotopic (exact) mass is 322 g/mol. The van der Waals surface area contributed by atoms with Gasteiger partial charge < -0.3 is 14.2 Å². The van der Waals surface area contributed by atoms with Crippen LogP contribution in [0.2, 0.25) is 0 Å². The van der Waals surface area contributed by atoms with Crippen molar-refractivity contribution in [1.29, 1.82) is 0 Å². The molecule has 5 heteroatoms. The van der Waals surface area contributed by atoms with Gasteiger partial charge in [-0.05, 0) is 37.8 Å². The second kappa shape index (κ2) is 10.8. The van der Waals surface area contributed by atoms with E-state index in [1.165, 1.54) is 0 Å². The molecule has 1 rings (SSSR count). The predicted octanol–water partition coefficient (Wildman–Crippen LogP) is 3.47. The molecular formula is C18H26O5. The van der Waals surface area contributed by atoms with Gasteiger partial charge in [0.05, 0.1) is 24.3 Å². The minimum Gasteiger partial charge on any atom is -0.462 e. The maximum Gasteiger partial charge on any atom is 0.339 e. The van der Waals surface area contributed by atoms with E-state index in [1.54, 1.807) is 31.2 Å². The molecule has 0 fully saturated rings. The quantitative estimate of drug-likeness (QED) is 0.487. The number of ether oxygens (including phenoxy) is 3. The van der Waals surface area contributed by atoms with Gasteiger partial charge in [0.2, 0.25) is 0 Å². The lowest BCUT2D eigenvalue weighted by atomic mass is 10.1. The Morgan fingerprint density at radius 2 is 1.57 bits per heavy atom. The Bertz CT molecular complexity index is 496. The highest BCUT2D eigenvalue weighted by atomic mass is 16.6. The topological polar surface area (TPSA) is 61.8 Å². The molecule has 0 spiro atoms. The van der Waals surface area contributed by atoms with Crippen molar-refractivity contribution >= 4 is 11.9 Å². The lowest BCUT2D eigenvalue weighted by Crippen LogP contribution is -2.16. The first-order valence-corrected chi connectivity index (χ1v) is 8.07. The molecule has 5 nitrogen and oxygen atoms in total. The number of esters is 2. The van der Waals surface area contributed by atoms with Gasteiger partial charge in [0.15, 0.2) is 0 Å². The molecule has 0 heterocycles. The third-order valence-electron chi connectivity index (χ3n) is 3.17. The molecule has 0 saturated carbocycles. The predicted molar refractivity (Wildman–Crippen MR) is 87.6 cm³/mol. The van der Waals surface area contributed by atoms with Crippen LogP contribution in [0.15, 0.2) is 24.3 Å². The van der Waals surface area contributed by atoms with Crippen LogP contribution < -0.4 is 0 Å². The number of benzene rings is 1. The summed E-state index contributed by atoms with van der Waals surface area (Å²) >= 11 is 0. The number of hydrogen-bond donors (Lipinski definition) is 0. The molecule has 0 saturated heterocycles. The van der Waals surface area contributed by atoms with E-state index in [-0.39, 0.29) is 24.3 Å². The standard InChI is InChI=1S/C18H26O5/c1-4-22-17(19)15-9-5-6-10-16(15)18(20)23-13-12-21-11-7-8-14(2)3/h5-6,9-10,14H,4,7-8,11-13H2,1-3H3. The molecule has 0 aliphatic rings. The van der Waals surface area contributed by atoms with Crippen LogP contribution in [0.4, 0.5) is 0 Å². The van der Waals surface area contributed by atoms with E-state index in [4.69, 9.17) is 14.2 Å². The van der Waals surface area contributed by atoms with Gasteiger partial charge in [-0.1, -0.05) is 26.0 Å². The second-order valence-electron chi connectivity index (χ2n) is 5.55. The van der Waals surface area contributed by atoms with Crippen molar-refractivity contribution < 1.29 is 23.8 Å². The molecule has 0 radical (unpaired) electrons. The molecule has 0 atom stereocenters. The van der Waals surface area contributed by atoms with Gasteiger partial charge in [0, 0.05) is 6.61 Å². The van der Waals surface area contributed by atoms with E-state index in [2.05, 4.69) is 13.8 Å². The molecule has 0 aromatic heterocycles. The van der Waals surface area contributed by atoms with Crippen LogP contribution in [0.3, 0.4) is 0 Å². The Morgan fingerprint density at radius 1 is 0.957 bits per heavy atom. The first-order chi connectivity index (χ1) is 11.1. The molecule has 1 aromatic rings. The maximum atomic E-state index is 12.1. The van der Waals surface area contributed by atoms with Crippen molar-refractivity contribution in [3.05, 3.63) is 35.4 Å². The third-order valence-corrected chi connectivity index (χ3v) is 3.17. The highest BCUT2D eigenvalue weighted by Gasteiger charge is 2.18. The smallest absolute Gasteiger partial charge is 0.339 e. The van der Waals surface area contributed by atoms with Crippen LogP contribution in [-0.4, -0.2) is 38.4 Å². The molecule has 0 unspecified atom stereocenters. The highest BCUT2D eigenvalue weighted by molar-refractivity contribution is 6.03. The van der Waals surface area contributed by atoms with Gasteiger partial charge in [-0.3, -0.25) is 0 Å². The van der Waals surface area contributed by atoms with Gasteiger partial charge in [0.1, 0.15) is 6.61 Å². The third kappa shape index (κ3) is 7.28. The molecule has 0 amide bonds. The van der Waals surface area contributed by atoms with Crippen LogP contribution in [0.25, 0.3) is 0 Å². The lowest BCUT2D eigenvalue weighted by molar-refractivity contribution is 0.0302. The van der Waals surface area contributed by atoms with Crippen molar-refractivity contribution in [3.8, 4) is 0 Å². The second-order valence-corrected chi connectivity index (χ2v) is 5.55. The van der Waals surface area contributed by atoms with Crippen LogP contribution in [-0.2, 0) is 14.2 Å². The molecule has 0 bridgehead atoms. The highest BCUT2D eigenvalue weighted by Crippen LogP contribution is 2.12. The summed E-state index contributed by atoms with van der Waals surface area (Å²) in [6.45, 7) is 7.49. The van der Waals surface area contributed by atoms with Crippen molar-refractivity contribution in [2.45, 2.75) is 33.6 Å². The zero-order chi connectivity index (χ0) is 17.1. The van der Waals surface area contributed by atoms with Crippen LogP contribution >= 0.6 is 0 Å². The first kappa shape index (κ1) is 19.2. The maximum absolute atomic E-state index is 12.1. The summed E-state index contributed by atoms with van der Waals surface area (Å²) in [7, 11) is 0. The average Bonchev–Trinajstić information content (AvgIpc) is 2.53. The molecule has 0 aliphatic carbocycles. The molecule has 0 N–H and O–H groups in total. The van der Waals surface area contributed by atoms with E-state index in [0.29, 0.717) is 19.1 Å². The Hall–Kier alpha value is -1.88. The molecule has 23 heavy (non-hydrogen) atoms. The zero-order valence-electron chi connectivity index (χ0n) is 14.2. The minimum absolute atomic E-state index is 0.164. The average molecular weight is 322 g/mol. The summed E-state index contributed by atoms with van der Waals surface area (Å²) in [6.07, 6.45) is 2.12. The van der Waals surface area contributed by atoms with Gasteiger partial charge >= 0.3 is 11.9 Å². The van der Waals surface area contributed by atoms with Crippen LogP contribution in [0.1, 0.15) is 54.3 Å². The Balaban J connectivity index is 2.39. The summed E-state index contributed by atoms with van der Waals surface area (Å²) in [5.41, 5.74) is 0.433. The summed E-state index contributed by atoms with van der Waals surface area (Å²) in [4.78, 5) is 23.9. The van der Waals surface area contributed by atoms with Crippen LogP contribution in [0.5, 0.6) is 0 Å². The normalized spacial score (nSPS) is 10.6. The van der Waals surface area contributed by atoms with E-state index < -0.39 is 11.9 Å². The zero-order valence-corrected chi connectivity index (χ0v) is 14.2. The van der Waals surface area contributed by atoms with Crippen molar-refractivity contribution in [2.24, 2.45) is 5.92 Å². The van der Waals surface area contributed by atoms with E-state index in [0.717, 1.165) is 12.8 Å². The number of carbonyl (C=O) groups is 2. The molecule has 0 aliphatic heterocycles. The summed E-state index contributed by atoms with van der Waals surface area (Å²) in [5.74, 6) is -0.403. The molecular weight excluding hydrogens is 296 g/mol. The van der Waals surface area contributed by atoms with Gasteiger partial charge in [0.25, 0.3) is 0 Å². The fraction of sp³-hybridized carbons (Fsp3) is 0.556. The minimum atomic E-state index is -0.542. The summed E-state index contributed by atoms with van der Waals surface area (Å²) < 4.78 is 15.5. The lowest BCUT2D eigenvalue weighted by Gasteiger charge is -2.09. The number of hydrogen-bond acceptors (Lipinski definition) is 5. The SMILES string of the molecule is CCOC(=O)c1ccccc1C(=O)OCCOCCCC(C)C. The van der Waals surface area contributed by atoms with Crippen molar-refractivity contribution in [1.82, 2.24) is 0 Å². The Kier molecular flexibility index (Phi) is 8.98. The summed E-state index contributed by atoms with van der Waals surface area (Å²) in [5, 5.41) is 0. The fourth-order valence-corrected chi connectivity index (χ4v) is 2.01. The van der Waals surface area contributed by atoms with Crippen LogP contribution in [0, 0.1) is 5.92 Å². The largest absolute Gasteiger partial charge is 0.462 e.